The zero-order chi connectivity index (χ0) is 11.7. The highest BCUT2D eigenvalue weighted by atomic mass is 32.2. The topological polar surface area (TPSA) is 30.7 Å². The van der Waals surface area contributed by atoms with E-state index in [4.69, 9.17) is 0 Å². The van der Waals surface area contributed by atoms with Crippen LogP contribution < -0.4 is 0 Å². The second-order valence-corrected chi connectivity index (χ2v) is 5.59. The lowest BCUT2D eigenvalue weighted by atomic mass is 9.91. The minimum atomic E-state index is 0.530. The Bertz CT molecular complexity index is 521. The van der Waals surface area contributed by atoms with E-state index in [1.165, 1.54) is 30.4 Å². The Morgan fingerprint density at radius 3 is 3.06 bits per heavy atom. The molecule has 1 aliphatic carbocycles. The first-order chi connectivity index (χ1) is 8.34. The van der Waals surface area contributed by atoms with Crippen molar-refractivity contribution in [1.29, 1.82) is 0 Å². The molecule has 17 heavy (non-hydrogen) atoms. The molecule has 1 aliphatic rings. The van der Waals surface area contributed by atoms with Crippen molar-refractivity contribution in [2.75, 3.05) is 0 Å². The van der Waals surface area contributed by atoms with Gasteiger partial charge in [-0.25, -0.2) is 0 Å². The maximum absolute atomic E-state index is 4.16. The smallest absolute Gasteiger partial charge is 0.191 e. The normalized spacial score (nSPS) is 19.0. The molecule has 0 bridgehead atoms. The summed E-state index contributed by atoms with van der Waals surface area (Å²) < 4.78 is 1.99. The van der Waals surface area contributed by atoms with Gasteiger partial charge in [-0.15, -0.1) is 10.2 Å². The maximum Gasteiger partial charge on any atom is 0.191 e. The molecule has 4 heteroatoms. The summed E-state index contributed by atoms with van der Waals surface area (Å²) in [6, 6.07) is 8.77. The van der Waals surface area contributed by atoms with Crippen LogP contribution in [0.4, 0.5) is 0 Å². The van der Waals surface area contributed by atoms with Gasteiger partial charge in [0.05, 0.1) is 0 Å². The highest BCUT2D eigenvalue weighted by Gasteiger charge is 2.22. The van der Waals surface area contributed by atoms with E-state index in [0.717, 1.165) is 5.16 Å². The highest BCUT2D eigenvalue weighted by Crippen LogP contribution is 2.42. The fourth-order valence-electron chi connectivity index (χ4n) is 2.34. The third-order valence-corrected chi connectivity index (χ3v) is 4.59. The van der Waals surface area contributed by atoms with Gasteiger partial charge in [0.2, 0.25) is 0 Å². The fraction of sp³-hybridized carbons (Fsp3) is 0.385. The Kier molecular flexibility index (Phi) is 2.89. The number of benzene rings is 1. The molecular formula is C13H15N3S. The lowest BCUT2D eigenvalue weighted by molar-refractivity contribution is 0.668. The van der Waals surface area contributed by atoms with E-state index in [1.807, 2.05) is 23.4 Å². The van der Waals surface area contributed by atoms with Gasteiger partial charge in [0.25, 0.3) is 0 Å². The molecule has 3 rings (SSSR count). The summed E-state index contributed by atoms with van der Waals surface area (Å²) in [6.07, 6.45) is 5.48. The lowest BCUT2D eigenvalue weighted by Gasteiger charge is -2.24. The van der Waals surface area contributed by atoms with Crippen LogP contribution in [0.1, 0.15) is 29.2 Å². The van der Waals surface area contributed by atoms with Crippen LogP contribution in [0, 0.1) is 0 Å². The molecule has 0 N–H and O–H groups in total. The van der Waals surface area contributed by atoms with E-state index < -0.39 is 0 Å². The molecule has 88 valence electrons. The monoisotopic (exact) mass is 245 g/mol. The summed E-state index contributed by atoms with van der Waals surface area (Å²) in [7, 11) is 2.00. The van der Waals surface area contributed by atoms with Crippen LogP contribution in [0.3, 0.4) is 0 Å². The average Bonchev–Trinajstić information content (AvgIpc) is 2.76. The second-order valence-electron chi connectivity index (χ2n) is 4.42. The number of aromatic nitrogens is 3. The average molecular weight is 245 g/mol. The molecular weight excluding hydrogens is 230 g/mol. The molecule has 0 amide bonds. The third-order valence-electron chi connectivity index (χ3n) is 3.23. The summed E-state index contributed by atoms with van der Waals surface area (Å²) in [5, 5.41) is 9.63. The SMILES string of the molecule is Cn1cnnc1SC1CCCc2ccccc21. The summed E-state index contributed by atoms with van der Waals surface area (Å²) in [4.78, 5) is 0. The molecule has 0 radical (unpaired) electrons. The Labute approximate surface area is 105 Å². The van der Waals surface area contributed by atoms with Crippen molar-refractivity contribution in [2.45, 2.75) is 29.7 Å². The van der Waals surface area contributed by atoms with Crippen LogP contribution in [0.15, 0.2) is 35.7 Å². The number of thioether (sulfide) groups is 1. The van der Waals surface area contributed by atoms with Crippen LogP contribution >= 0.6 is 11.8 Å². The summed E-state index contributed by atoms with van der Waals surface area (Å²) in [5.41, 5.74) is 2.98. The predicted octanol–water partition coefficient (Wildman–Crippen LogP) is 2.98. The van der Waals surface area contributed by atoms with Crippen molar-refractivity contribution in [3.63, 3.8) is 0 Å². The van der Waals surface area contributed by atoms with Gasteiger partial charge in [0, 0.05) is 12.3 Å². The minimum absolute atomic E-state index is 0.530. The van der Waals surface area contributed by atoms with Crippen LogP contribution in [-0.4, -0.2) is 14.8 Å². The van der Waals surface area contributed by atoms with Crippen LogP contribution in [0.5, 0.6) is 0 Å². The van der Waals surface area contributed by atoms with Crippen molar-refractivity contribution >= 4 is 11.8 Å². The Hall–Kier alpha value is -1.29. The molecule has 1 atom stereocenters. The first-order valence-electron chi connectivity index (χ1n) is 5.93. The first kappa shape index (κ1) is 10.8. The van der Waals surface area contributed by atoms with Gasteiger partial charge in [0.1, 0.15) is 6.33 Å². The summed E-state index contributed by atoms with van der Waals surface area (Å²) >= 11 is 1.83. The standard InChI is InChI=1S/C13H15N3S/c1-16-9-14-15-13(16)17-12-8-4-6-10-5-2-3-7-11(10)12/h2-3,5,7,9,12H,4,6,8H2,1H3. The van der Waals surface area contributed by atoms with E-state index in [0.29, 0.717) is 5.25 Å². The van der Waals surface area contributed by atoms with Gasteiger partial charge in [-0.2, -0.15) is 0 Å². The lowest BCUT2D eigenvalue weighted by Crippen LogP contribution is -2.07. The summed E-state index contributed by atoms with van der Waals surface area (Å²) in [6.45, 7) is 0. The van der Waals surface area contributed by atoms with Gasteiger partial charge in [-0.3, -0.25) is 0 Å². The number of rotatable bonds is 2. The Balaban J connectivity index is 1.88. The molecule has 1 aromatic carbocycles. The molecule has 0 saturated carbocycles. The second kappa shape index (κ2) is 4.53. The predicted molar refractivity (Wildman–Crippen MR) is 69.0 cm³/mol. The zero-order valence-corrected chi connectivity index (χ0v) is 10.7. The maximum atomic E-state index is 4.16. The molecule has 2 aromatic rings. The van der Waals surface area contributed by atoms with Crippen LogP contribution in [0.25, 0.3) is 0 Å². The number of hydrogen-bond donors (Lipinski definition) is 0. The molecule has 0 aliphatic heterocycles. The molecule has 1 aromatic heterocycles. The number of fused-ring (bicyclic) bond motifs is 1. The molecule has 0 fully saturated rings. The molecule has 1 unspecified atom stereocenters. The van der Waals surface area contributed by atoms with Crippen molar-refractivity contribution in [1.82, 2.24) is 14.8 Å². The molecule has 3 nitrogen and oxygen atoms in total. The van der Waals surface area contributed by atoms with Crippen molar-refractivity contribution in [2.24, 2.45) is 7.05 Å². The van der Waals surface area contributed by atoms with Crippen molar-refractivity contribution in [3.05, 3.63) is 41.7 Å². The first-order valence-corrected chi connectivity index (χ1v) is 6.81. The van der Waals surface area contributed by atoms with Gasteiger partial charge >= 0.3 is 0 Å². The molecule has 0 spiro atoms. The van der Waals surface area contributed by atoms with Gasteiger partial charge < -0.3 is 4.57 Å². The van der Waals surface area contributed by atoms with E-state index in [9.17, 15) is 0 Å². The largest absolute Gasteiger partial charge is 0.312 e. The van der Waals surface area contributed by atoms with E-state index >= 15 is 0 Å². The van der Waals surface area contributed by atoms with Crippen LogP contribution in [-0.2, 0) is 13.5 Å². The zero-order valence-electron chi connectivity index (χ0n) is 9.84. The van der Waals surface area contributed by atoms with E-state index in [-0.39, 0.29) is 0 Å². The summed E-state index contributed by atoms with van der Waals surface area (Å²) in [5.74, 6) is 0. The Morgan fingerprint density at radius 1 is 1.35 bits per heavy atom. The number of hydrogen-bond acceptors (Lipinski definition) is 3. The van der Waals surface area contributed by atoms with Crippen LogP contribution in [0.2, 0.25) is 0 Å². The van der Waals surface area contributed by atoms with Gasteiger partial charge in [-0.1, -0.05) is 36.0 Å². The van der Waals surface area contributed by atoms with E-state index in [2.05, 4.69) is 34.5 Å². The van der Waals surface area contributed by atoms with Gasteiger partial charge in [0.15, 0.2) is 5.16 Å². The Morgan fingerprint density at radius 2 is 2.24 bits per heavy atom. The van der Waals surface area contributed by atoms with Crippen molar-refractivity contribution in [3.8, 4) is 0 Å². The quantitative estimate of drug-likeness (QED) is 0.815. The third kappa shape index (κ3) is 2.09. The highest BCUT2D eigenvalue weighted by molar-refractivity contribution is 7.99. The number of nitrogens with zero attached hydrogens (tertiary/aromatic N) is 3. The van der Waals surface area contributed by atoms with Gasteiger partial charge in [-0.05, 0) is 30.4 Å². The molecule has 0 saturated heterocycles. The van der Waals surface area contributed by atoms with E-state index in [1.54, 1.807) is 6.33 Å². The van der Waals surface area contributed by atoms with Crippen molar-refractivity contribution < 1.29 is 0 Å². The fourth-order valence-corrected chi connectivity index (χ4v) is 3.54. The minimum Gasteiger partial charge on any atom is -0.312 e. The molecule has 1 heterocycles. The number of aryl methyl sites for hydroxylation is 2.